The zero-order valence-electron chi connectivity index (χ0n) is 11.0. The summed E-state index contributed by atoms with van der Waals surface area (Å²) in [7, 11) is 0. The van der Waals surface area contributed by atoms with Crippen LogP contribution in [0.4, 0.5) is 11.4 Å². The maximum Gasteiger partial charge on any atom is 0.326 e. The fourth-order valence-corrected chi connectivity index (χ4v) is 2.82. The molecule has 0 amide bonds. The van der Waals surface area contributed by atoms with Crippen LogP contribution in [0, 0.1) is 16.0 Å². The second kappa shape index (κ2) is 5.66. The molecule has 1 aromatic rings. The lowest BCUT2D eigenvalue weighted by molar-refractivity contribution is -0.384. The van der Waals surface area contributed by atoms with Gasteiger partial charge in [-0.05, 0) is 30.9 Å². The molecule has 0 spiro atoms. The van der Waals surface area contributed by atoms with Gasteiger partial charge in [0.25, 0.3) is 0 Å². The van der Waals surface area contributed by atoms with Gasteiger partial charge in [0.05, 0.1) is 4.92 Å². The van der Waals surface area contributed by atoms with E-state index < -0.39 is 16.9 Å². The Morgan fingerprint density at radius 1 is 1.55 bits per heavy atom. The molecule has 2 unspecified atom stereocenters. The zero-order valence-corrected chi connectivity index (χ0v) is 11.7. The molecule has 1 heterocycles. The number of carbonyl (C=O) groups is 1. The van der Waals surface area contributed by atoms with Crippen molar-refractivity contribution < 1.29 is 14.8 Å². The van der Waals surface area contributed by atoms with E-state index in [4.69, 9.17) is 11.6 Å². The Bertz CT molecular complexity index is 549. The third-order valence-corrected chi connectivity index (χ3v) is 3.91. The molecule has 1 N–H and O–H groups in total. The molecular weight excluding hydrogens is 284 g/mol. The Kier molecular flexibility index (Phi) is 4.13. The number of anilines is 1. The summed E-state index contributed by atoms with van der Waals surface area (Å²) >= 11 is 5.88. The lowest BCUT2D eigenvalue weighted by Gasteiger charge is -2.37. The van der Waals surface area contributed by atoms with Gasteiger partial charge in [-0.25, -0.2) is 4.79 Å². The normalized spacial score (nSPS) is 22.6. The number of nitrogens with zero attached hydrogens (tertiary/aromatic N) is 2. The summed E-state index contributed by atoms with van der Waals surface area (Å²) in [6.07, 6.45) is 1.27. The quantitative estimate of drug-likeness (QED) is 0.685. The van der Waals surface area contributed by atoms with Crippen molar-refractivity contribution in [2.75, 3.05) is 11.4 Å². The molecule has 1 saturated heterocycles. The molecule has 0 saturated carbocycles. The van der Waals surface area contributed by atoms with E-state index in [1.54, 1.807) is 17.0 Å². The highest BCUT2D eigenvalue weighted by Crippen LogP contribution is 2.38. The van der Waals surface area contributed by atoms with E-state index in [-0.39, 0.29) is 22.3 Å². The van der Waals surface area contributed by atoms with Crippen molar-refractivity contribution in [3.8, 4) is 0 Å². The Hall–Kier alpha value is -1.82. The third kappa shape index (κ3) is 2.70. The predicted octanol–water partition coefficient (Wildman–Crippen LogP) is 2.94. The number of aliphatic carboxylic acids is 1. The predicted molar refractivity (Wildman–Crippen MR) is 75.3 cm³/mol. The van der Waals surface area contributed by atoms with E-state index in [9.17, 15) is 20.0 Å². The fraction of sp³-hybridized carbons (Fsp3) is 0.462. The minimum absolute atomic E-state index is 0.0234. The topological polar surface area (TPSA) is 83.7 Å². The number of piperidine rings is 1. The summed E-state index contributed by atoms with van der Waals surface area (Å²) in [6.45, 7) is 2.46. The van der Waals surface area contributed by atoms with Crippen molar-refractivity contribution >= 4 is 28.9 Å². The average molecular weight is 299 g/mol. The van der Waals surface area contributed by atoms with Crippen molar-refractivity contribution in [2.24, 2.45) is 5.92 Å². The number of nitro groups is 1. The average Bonchev–Trinajstić information content (AvgIpc) is 2.37. The molecule has 1 aromatic carbocycles. The molecule has 6 nitrogen and oxygen atoms in total. The molecule has 1 aliphatic rings. The largest absolute Gasteiger partial charge is 0.480 e. The first-order valence-corrected chi connectivity index (χ1v) is 6.72. The van der Waals surface area contributed by atoms with E-state index in [2.05, 4.69) is 0 Å². The SMILES string of the molecule is CC1CCN(c2cccc(Cl)c2[N+](=O)[O-])C(C(=O)O)C1. The van der Waals surface area contributed by atoms with E-state index in [0.717, 1.165) is 6.42 Å². The molecule has 7 heteroatoms. The number of hydrogen-bond acceptors (Lipinski definition) is 4. The molecule has 2 rings (SSSR count). The van der Waals surface area contributed by atoms with Gasteiger partial charge in [0, 0.05) is 6.54 Å². The molecule has 2 atom stereocenters. The van der Waals surface area contributed by atoms with Crippen LogP contribution in [0.1, 0.15) is 19.8 Å². The van der Waals surface area contributed by atoms with Gasteiger partial charge in [-0.15, -0.1) is 0 Å². The van der Waals surface area contributed by atoms with Crippen molar-refractivity contribution in [3.63, 3.8) is 0 Å². The van der Waals surface area contributed by atoms with Crippen LogP contribution >= 0.6 is 11.6 Å². The Morgan fingerprint density at radius 2 is 2.25 bits per heavy atom. The smallest absolute Gasteiger partial charge is 0.326 e. The molecular formula is C13H15ClN2O4. The van der Waals surface area contributed by atoms with Gasteiger partial charge in [-0.2, -0.15) is 0 Å². The Labute approximate surface area is 121 Å². The Morgan fingerprint density at radius 3 is 2.85 bits per heavy atom. The summed E-state index contributed by atoms with van der Waals surface area (Å²) in [4.78, 5) is 23.6. The van der Waals surface area contributed by atoms with Crippen LogP contribution in [0.25, 0.3) is 0 Å². The van der Waals surface area contributed by atoms with E-state index in [1.165, 1.54) is 6.07 Å². The van der Waals surface area contributed by atoms with Gasteiger partial charge in [0.1, 0.15) is 16.8 Å². The number of carboxylic acid groups (broad SMARTS) is 1. The van der Waals surface area contributed by atoms with Gasteiger partial charge < -0.3 is 10.0 Å². The number of halogens is 1. The molecule has 0 aliphatic carbocycles. The summed E-state index contributed by atoms with van der Waals surface area (Å²) in [6, 6.07) is 3.83. The van der Waals surface area contributed by atoms with E-state index >= 15 is 0 Å². The van der Waals surface area contributed by atoms with Crippen molar-refractivity contribution in [1.29, 1.82) is 0 Å². The van der Waals surface area contributed by atoms with Gasteiger partial charge >= 0.3 is 11.7 Å². The third-order valence-electron chi connectivity index (χ3n) is 3.61. The van der Waals surface area contributed by atoms with Crippen LogP contribution in [0.15, 0.2) is 18.2 Å². The number of rotatable bonds is 3. The maximum atomic E-state index is 11.4. The van der Waals surface area contributed by atoms with E-state index in [1.807, 2.05) is 6.92 Å². The molecule has 108 valence electrons. The molecule has 1 aliphatic heterocycles. The number of nitro benzene ring substituents is 1. The monoisotopic (exact) mass is 298 g/mol. The Balaban J connectivity index is 2.46. The maximum absolute atomic E-state index is 11.4. The number of carboxylic acids is 1. The van der Waals surface area contributed by atoms with Crippen molar-refractivity contribution in [2.45, 2.75) is 25.8 Å². The van der Waals surface area contributed by atoms with Gasteiger partial charge in [0.15, 0.2) is 0 Å². The first-order valence-electron chi connectivity index (χ1n) is 6.34. The molecule has 0 bridgehead atoms. The van der Waals surface area contributed by atoms with Gasteiger partial charge in [-0.3, -0.25) is 10.1 Å². The number of hydrogen-bond donors (Lipinski definition) is 1. The highest BCUT2D eigenvalue weighted by atomic mass is 35.5. The van der Waals surface area contributed by atoms with Gasteiger partial charge in [0.2, 0.25) is 0 Å². The fourth-order valence-electron chi connectivity index (χ4n) is 2.58. The molecule has 0 radical (unpaired) electrons. The van der Waals surface area contributed by atoms with Gasteiger partial charge in [-0.1, -0.05) is 24.6 Å². The van der Waals surface area contributed by atoms with Crippen molar-refractivity contribution in [3.05, 3.63) is 33.3 Å². The summed E-state index contributed by atoms with van der Waals surface area (Å²) in [5.74, 6) is -0.684. The lowest BCUT2D eigenvalue weighted by Crippen LogP contribution is -2.47. The summed E-state index contributed by atoms with van der Waals surface area (Å²) in [5, 5.41) is 20.5. The highest BCUT2D eigenvalue weighted by Gasteiger charge is 2.35. The standard InChI is InChI=1S/C13H15ClN2O4/c1-8-5-6-15(11(7-8)13(17)18)10-4-2-3-9(14)12(10)16(19)20/h2-4,8,11H,5-7H2,1H3,(H,17,18). The molecule has 20 heavy (non-hydrogen) atoms. The van der Waals surface area contributed by atoms with Crippen LogP contribution < -0.4 is 4.90 Å². The van der Waals surface area contributed by atoms with Crippen LogP contribution in [0.2, 0.25) is 5.02 Å². The lowest BCUT2D eigenvalue weighted by atomic mass is 9.92. The van der Waals surface area contributed by atoms with Crippen LogP contribution in [0.3, 0.4) is 0 Å². The second-order valence-corrected chi connectivity index (χ2v) is 5.45. The highest BCUT2D eigenvalue weighted by molar-refractivity contribution is 6.33. The molecule has 0 aromatic heterocycles. The van der Waals surface area contributed by atoms with Crippen molar-refractivity contribution in [1.82, 2.24) is 0 Å². The summed E-state index contributed by atoms with van der Waals surface area (Å²) in [5.41, 5.74) is 0.0526. The number of benzene rings is 1. The van der Waals surface area contributed by atoms with Crippen LogP contribution in [-0.2, 0) is 4.79 Å². The molecule has 1 fully saturated rings. The minimum Gasteiger partial charge on any atom is -0.480 e. The first-order chi connectivity index (χ1) is 9.41. The minimum atomic E-state index is -0.967. The second-order valence-electron chi connectivity index (χ2n) is 5.04. The first kappa shape index (κ1) is 14.6. The van der Waals surface area contributed by atoms with E-state index in [0.29, 0.717) is 13.0 Å². The van der Waals surface area contributed by atoms with Crippen LogP contribution in [-0.4, -0.2) is 28.6 Å². The zero-order chi connectivity index (χ0) is 14.9. The summed E-state index contributed by atoms with van der Waals surface area (Å²) < 4.78 is 0. The number of para-hydroxylation sites is 1. The van der Waals surface area contributed by atoms with Crippen LogP contribution in [0.5, 0.6) is 0 Å².